The number of hydrogen-bond acceptors (Lipinski definition) is 2. The SMILES string of the molecule is CCC(N)Cc1cccc(Oc2cccc(C(C)C)c2)c1. The Morgan fingerprint density at radius 2 is 1.67 bits per heavy atom. The van der Waals surface area contributed by atoms with Gasteiger partial charge < -0.3 is 10.5 Å². The van der Waals surface area contributed by atoms with Gasteiger partial charge in [0.15, 0.2) is 0 Å². The average molecular weight is 283 g/mol. The second-order valence-corrected chi connectivity index (χ2v) is 5.85. The van der Waals surface area contributed by atoms with Crippen LogP contribution in [0.1, 0.15) is 44.2 Å². The summed E-state index contributed by atoms with van der Waals surface area (Å²) in [6, 6.07) is 16.7. The largest absolute Gasteiger partial charge is 0.457 e. The van der Waals surface area contributed by atoms with E-state index in [0.29, 0.717) is 5.92 Å². The molecule has 0 saturated carbocycles. The van der Waals surface area contributed by atoms with Crippen molar-refractivity contribution in [2.45, 2.75) is 45.6 Å². The zero-order chi connectivity index (χ0) is 15.2. The molecule has 2 aromatic rings. The van der Waals surface area contributed by atoms with Crippen LogP contribution in [0.2, 0.25) is 0 Å². The first-order valence-electron chi connectivity index (χ1n) is 7.70. The summed E-state index contributed by atoms with van der Waals surface area (Å²) in [4.78, 5) is 0. The molecule has 0 aliphatic heterocycles. The molecule has 1 unspecified atom stereocenters. The first-order chi connectivity index (χ1) is 10.1. The van der Waals surface area contributed by atoms with E-state index in [1.165, 1.54) is 11.1 Å². The summed E-state index contributed by atoms with van der Waals surface area (Å²) < 4.78 is 5.98. The van der Waals surface area contributed by atoms with E-state index in [1.807, 2.05) is 24.3 Å². The molecule has 0 fully saturated rings. The van der Waals surface area contributed by atoms with Crippen molar-refractivity contribution in [3.63, 3.8) is 0 Å². The van der Waals surface area contributed by atoms with Gasteiger partial charge in [0, 0.05) is 6.04 Å². The van der Waals surface area contributed by atoms with Crippen LogP contribution in [0.4, 0.5) is 0 Å². The van der Waals surface area contributed by atoms with Crippen molar-refractivity contribution in [1.82, 2.24) is 0 Å². The molecular weight excluding hydrogens is 258 g/mol. The van der Waals surface area contributed by atoms with E-state index < -0.39 is 0 Å². The molecule has 0 bridgehead atoms. The van der Waals surface area contributed by atoms with Crippen molar-refractivity contribution >= 4 is 0 Å². The van der Waals surface area contributed by atoms with Gasteiger partial charge in [0.05, 0.1) is 0 Å². The van der Waals surface area contributed by atoms with Gasteiger partial charge in [-0.05, 0) is 54.2 Å². The number of ether oxygens (including phenoxy) is 1. The first kappa shape index (κ1) is 15.6. The van der Waals surface area contributed by atoms with Gasteiger partial charge in [0.1, 0.15) is 11.5 Å². The monoisotopic (exact) mass is 283 g/mol. The van der Waals surface area contributed by atoms with Gasteiger partial charge in [-0.25, -0.2) is 0 Å². The molecular formula is C19H25NO. The molecule has 0 aliphatic carbocycles. The average Bonchev–Trinajstić information content (AvgIpc) is 2.47. The molecule has 0 aliphatic rings. The summed E-state index contributed by atoms with van der Waals surface area (Å²) in [5, 5.41) is 0. The van der Waals surface area contributed by atoms with Crippen molar-refractivity contribution in [3.05, 3.63) is 59.7 Å². The number of benzene rings is 2. The zero-order valence-electron chi connectivity index (χ0n) is 13.2. The number of rotatable bonds is 6. The predicted octanol–water partition coefficient (Wildman–Crippen LogP) is 4.88. The Balaban J connectivity index is 2.12. The second-order valence-electron chi connectivity index (χ2n) is 5.85. The normalized spacial score (nSPS) is 12.4. The first-order valence-corrected chi connectivity index (χ1v) is 7.70. The predicted molar refractivity (Wildman–Crippen MR) is 89.0 cm³/mol. The van der Waals surface area contributed by atoms with Crippen LogP contribution in [0.5, 0.6) is 11.5 Å². The van der Waals surface area contributed by atoms with Crippen molar-refractivity contribution in [2.75, 3.05) is 0 Å². The van der Waals surface area contributed by atoms with E-state index in [-0.39, 0.29) is 6.04 Å². The summed E-state index contributed by atoms with van der Waals surface area (Å²) in [5.41, 5.74) is 8.53. The molecule has 2 heteroatoms. The zero-order valence-corrected chi connectivity index (χ0v) is 13.2. The molecule has 2 rings (SSSR count). The maximum Gasteiger partial charge on any atom is 0.127 e. The lowest BCUT2D eigenvalue weighted by molar-refractivity contribution is 0.480. The molecule has 21 heavy (non-hydrogen) atoms. The van der Waals surface area contributed by atoms with Crippen LogP contribution in [0, 0.1) is 0 Å². The molecule has 0 amide bonds. The minimum absolute atomic E-state index is 0.213. The Kier molecular flexibility index (Phi) is 5.40. The lowest BCUT2D eigenvalue weighted by Crippen LogP contribution is -2.21. The Bertz CT molecular complexity index is 577. The standard InChI is InChI=1S/C19H25NO/c1-4-17(20)11-15-7-5-9-18(12-15)21-19-10-6-8-16(13-19)14(2)3/h5-10,12-14,17H,4,11,20H2,1-3H3. The highest BCUT2D eigenvalue weighted by Gasteiger charge is 2.05. The van der Waals surface area contributed by atoms with E-state index in [2.05, 4.69) is 45.0 Å². The van der Waals surface area contributed by atoms with Crippen molar-refractivity contribution in [1.29, 1.82) is 0 Å². The fourth-order valence-electron chi connectivity index (χ4n) is 2.26. The van der Waals surface area contributed by atoms with Crippen LogP contribution in [-0.2, 0) is 6.42 Å². The van der Waals surface area contributed by atoms with Crippen molar-refractivity contribution in [3.8, 4) is 11.5 Å². The maximum absolute atomic E-state index is 6.02. The number of nitrogens with two attached hydrogens (primary N) is 1. The topological polar surface area (TPSA) is 35.2 Å². The number of hydrogen-bond donors (Lipinski definition) is 1. The van der Waals surface area contributed by atoms with Gasteiger partial charge in [0.2, 0.25) is 0 Å². The molecule has 0 spiro atoms. The van der Waals surface area contributed by atoms with E-state index >= 15 is 0 Å². The Morgan fingerprint density at radius 3 is 2.33 bits per heavy atom. The van der Waals surface area contributed by atoms with Crippen molar-refractivity contribution in [2.24, 2.45) is 5.73 Å². The van der Waals surface area contributed by atoms with Gasteiger partial charge in [0.25, 0.3) is 0 Å². The van der Waals surface area contributed by atoms with E-state index in [9.17, 15) is 0 Å². The lowest BCUT2D eigenvalue weighted by Gasteiger charge is -2.12. The summed E-state index contributed by atoms with van der Waals surface area (Å²) in [5.74, 6) is 2.26. The molecule has 0 saturated heterocycles. The van der Waals surface area contributed by atoms with Crippen LogP contribution < -0.4 is 10.5 Å². The quantitative estimate of drug-likeness (QED) is 0.819. The minimum atomic E-state index is 0.213. The summed E-state index contributed by atoms with van der Waals surface area (Å²) in [7, 11) is 0. The van der Waals surface area contributed by atoms with E-state index in [1.54, 1.807) is 0 Å². The highest BCUT2D eigenvalue weighted by molar-refractivity contribution is 5.36. The Labute approximate surface area is 127 Å². The molecule has 0 heterocycles. The fourth-order valence-corrected chi connectivity index (χ4v) is 2.26. The van der Waals surface area contributed by atoms with Crippen LogP contribution in [0.25, 0.3) is 0 Å². The van der Waals surface area contributed by atoms with Crippen molar-refractivity contribution < 1.29 is 4.74 Å². The molecule has 2 nitrogen and oxygen atoms in total. The van der Waals surface area contributed by atoms with Gasteiger partial charge in [-0.3, -0.25) is 0 Å². The third kappa shape index (κ3) is 4.61. The van der Waals surface area contributed by atoms with Gasteiger partial charge in [-0.1, -0.05) is 45.0 Å². The van der Waals surface area contributed by atoms with Gasteiger partial charge >= 0.3 is 0 Å². The summed E-state index contributed by atoms with van der Waals surface area (Å²) in [6.07, 6.45) is 1.88. The Morgan fingerprint density at radius 1 is 1.00 bits per heavy atom. The lowest BCUT2D eigenvalue weighted by atomic mass is 10.0. The maximum atomic E-state index is 6.02. The smallest absolute Gasteiger partial charge is 0.127 e. The highest BCUT2D eigenvalue weighted by Crippen LogP contribution is 2.26. The Hall–Kier alpha value is -1.80. The molecule has 1 atom stereocenters. The van der Waals surface area contributed by atoms with Crippen LogP contribution in [0.3, 0.4) is 0 Å². The molecule has 112 valence electrons. The highest BCUT2D eigenvalue weighted by atomic mass is 16.5. The minimum Gasteiger partial charge on any atom is -0.457 e. The summed E-state index contributed by atoms with van der Waals surface area (Å²) >= 11 is 0. The molecule has 2 aromatic carbocycles. The van der Waals surface area contributed by atoms with Gasteiger partial charge in [-0.2, -0.15) is 0 Å². The van der Waals surface area contributed by atoms with Crippen LogP contribution >= 0.6 is 0 Å². The van der Waals surface area contributed by atoms with Crippen LogP contribution in [0.15, 0.2) is 48.5 Å². The molecule has 2 N–H and O–H groups in total. The molecule has 0 radical (unpaired) electrons. The third-order valence-corrected chi connectivity index (χ3v) is 3.68. The van der Waals surface area contributed by atoms with Crippen LogP contribution in [-0.4, -0.2) is 6.04 Å². The fraction of sp³-hybridized carbons (Fsp3) is 0.368. The third-order valence-electron chi connectivity index (χ3n) is 3.68. The van der Waals surface area contributed by atoms with E-state index in [0.717, 1.165) is 24.3 Å². The summed E-state index contributed by atoms with van der Waals surface area (Å²) in [6.45, 7) is 6.49. The molecule has 0 aromatic heterocycles. The van der Waals surface area contributed by atoms with Gasteiger partial charge in [-0.15, -0.1) is 0 Å². The second kappa shape index (κ2) is 7.28. The van der Waals surface area contributed by atoms with E-state index in [4.69, 9.17) is 10.5 Å².